The highest BCUT2D eigenvalue weighted by Gasteiger charge is 2.44. The highest BCUT2D eigenvalue weighted by atomic mass is 16.5. The van der Waals surface area contributed by atoms with E-state index in [0.717, 1.165) is 53.4 Å². The van der Waals surface area contributed by atoms with Crippen LogP contribution >= 0.6 is 0 Å². The first-order valence-corrected chi connectivity index (χ1v) is 11.1. The van der Waals surface area contributed by atoms with E-state index in [4.69, 9.17) is 14.5 Å². The molecule has 2 fully saturated rings. The van der Waals surface area contributed by atoms with Gasteiger partial charge in [-0.15, -0.1) is 0 Å². The number of carbonyl (C=O) groups is 1. The third-order valence-electron chi connectivity index (χ3n) is 6.54. The average molecular weight is 434 g/mol. The van der Waals surface area contributed by atoms with Crippen LogP contribution < -0.4 is 5.32 Å². The Labute approximate surface area is 186 Å². The Morgan fingerprint density at radius 1 is 1.41 bits per heavy atom. The van der Waals surface area contributed by atoms with Gasteiger partial charge in [0.25, 0.3) is 0 Å². The summed E-state index contributed by atoms with van der Waals surface area (Å²) in [5.74, 6) is 0.674. The van der Waals surface area contributed by atoms with Crippen molar-refractivity contribution >= 4 is 27.8 Å². The van der Waals surface area contributed by atoms with Crippen LogP contribution in [0.1, 0.15) is 50.0 Å². The number of amides is 1. The second kappa shape index (κ2) is 8.15. The number of nitrogens with zero attached hydrogens (tertiary/aromatic N) is 4. The molecule has 0 bridgehead atoms. The van der Waals surface area contributed by atoms with E-state index < -0.39 is 0 Å². The molecule has 3 aromatic rings. The number of imidazole rings is 1. The fraction of sp³-hybridized carbons (Fsp3) is 0.500. The standard InChI is InChI=1S/C24H27N5O3/c1-15-9-17(5-8-32-15)29-21(11-22(30)28-24(6-7-24)14-31-2)27-20-13-26-19-4-3-16(12-25)10-18(19)23(20)29/h3-4,10,13,15,17H,5-9,11,14H2,1-2H3,(H,28,30)/t15-,17-/m1/s1. The number of hydrogen-bond acceptors (Lipinski definition) is 6. The molecule has 5 rings (SSSR count). The molecule has 2 atom stereocenters. The Morgan fingerprint density at radius 3 is 2.97 bits per heavy atom. The fourth-order valence-corrected chi connectivity index (χ4v) is 4.84. The van der Waals surface area contributed by atoms with Crippen LogP contribution in [-0.2, 0) is 20.7 Å². The lowest BCUT2D eigenvalue weighted by molar-refractivity contribution is -0.122. The van der Waals surface area contributed by atoms with Crippen LogP contribution in [0.3, 0.4) is 0 Å². The summed E-state index contributed by atoms with van der Waals surface area (Å²) in [5, 5.41) is 13.5. The van der Waals surface area contributed by atoms with Crippen LogP contribution in [0.5, 0.6) is 0 Å². The van der Waals surface area contributed by atoms with E-state index in [1.165, 1.54) is 0 Å². The number of nitriles is 1. The summed E-state index contributed by atoms with van der Waals surface area (Å²) >= 11 is 0. The topological polar surface area (TPSA) is 102 Å². The molecular formula is C24H27N5O3. The minimum atomic E-state index is -0.230. The van der Waals surface area contributed by atoms with Gasteiger partial charge in [0.1, 0.15) is 11.3 Å². The number of rotatable bonds is 6. The quantitative estimate of drug-likeness (QED) is 0.641. The first-order valence-electron chi connectivity index (χ1n) is 11.1. The van der Waals surface area contributed by atoms with Crippen molar-refractivity contribution in [2.45, 2.75) is 56.7 Å². The van der Waals surface area contributed by atoms with E-state index in [2.05, 4.69) is 27.9 Å². The Hall–Kier alpha value is -3.02. The minimum absolute atomic E-state index is 0.0498. The van der Waals surface area contributed by atoms with Gasteiger partial charge in [0.15, 0.2) is 0 Å². The van der Waals surface area contributed by atoms with Crippen LogP contribution in [0.2, 0.25) is 0 Å². The van der Waals surface area contributed by atoms with E-state index >= 15 is 0 Å². The predicted octanol–water partition coefficient (Wildman–Crippen LogP) is 3.03. The molecule has 1 saturated heterocycles. The van der Waals surface area contributed by atoms with Crippen LogP contribution in [0.15, 0.2) is 24.4 Å². The molecule has 0 unspecified atom stereocenters. The largest absolute Gasteiger partial charge is 0.382 e. The summed E-state index contributed by atoms with van der Waals surface area (Å²) in [6, 6.07) is 7.89. The van der Waals surface area contributed by atoms with Crippen molar-refractivity contribution in [3.05, 3.63) is 35.8 Å². The zero-order chi connectivity index (χ0) is 22.3. The second-order valence-corrected chi connectivity index (χ2v) is 9.03. The molecule has 32 heavy (non-hydrogen) atoms. The lowest BCUT2D eigenvalue weighted by atomic mass is 10.0. The van der Waals surface area contributed by atoms with Gasteiger partial charge in [-0.1, -0.05) is 0 Å². The number of ether oxygens (including phenoxy) is 2. The van der Waals surface area contributed by atoms with Crippen molar-refractivity contribution in [2.24, 2.45) is 0 Å². The van der Waals surface area contributed by atoms with Gasteiger partial charge < -0.3 is 19.4 Å². The van der Waals surface area contributed by atoms with Gasteiger partial charge in [-0.2, -0.15) is 5.26 Å². The normalized spacial score (nSPS) is 22.0. The zero-order valence-corrected chi connectivity index (χ0v) is 18.4. The Kier molecular flexibility index (Phi) is 5.31. The van der Waals surface area contributed by atoms with Crippen molar-refractivity contribution in [3.63, 3.8) is 0 Å². The van der Waals surface area contributed by atoms with E-state index in [0.29, 0.717) is 18.8 Å². The van der Waals surface area contributed by atoms with Gasteiger partial charge in [0.2, 0.25) is 5.91 Å². The van der Waals surface area contributed by atoms with Crippen molar-refractivity contribution in [3.8, 4) is 6.07 Å². The maximum Gasteiger partial charge on any atom is 0.228 e. The molecule has 1 aliphatic carbocycles. The highest BCUT2D eigenvalue weighted by molar-refractivity contribution is 6.03. The summed E-state index contributed by atoms with van der Waals surface area (Å²) < 4.78 is 13.3. The van der Waals surface area contributed by atoms with Crippen molar-refractivity contribution in [1.29, 1.82) is 5.26 Å². The molecule has 166 valence electrons. The lowest BCUT2D eigenvalue weighted by Gasteiger charge is -2.30. The number of pyridine rings is 1. The molecule has 0 radical (unpaired) electrons. The number of benzene rings is 1. The Balaban J connectivity index is 1.60. The molecule has 0 spiro atoms. The van der Waals surface area contributed by atoms with E-state index in [1.807, 2.05) is 12.1 Å². The predicted molar refractivity (Wildman–Crippen MR) is 119 cm³/mol. The Morgan fingerprint density at radius 2 is 2.25 bits per heavy atom. The first-order chi connectivity index (χ1) is 15.5. The molecular weight excluding hydrogens is 406 g/mol. The maximum atomic E-state index is 13.0. The van der Waals surface area contributed by atoms with E-state index in [9.17, 15) is 10.1 Å². The number of hydrogen-bond donors (Lipinski definition) is 1. The van der Waals surface area contributed by atoms with Crippen LogP contribution in [0.25, 0.3) is 21.9 Å². The van der Waals surface area contributed by atoms with E-state index in [-0.39, 0.29) is 30.0 Å². The molecule has 1 N–H and O–H groups in total. The van der Waals surface area contributed by atoms with Crippen LogP contribution in [0.4, 0.5) is 0 Å². The summed E-state index contributed by atoms with van der Waals surface area (Å²) in [6.07, 6.45) is 5.64. The maximum absolute atomic E-state index is 13.0. The molecule has 3 heterocycles. The SMILES string of the molecule is COCC1(NC(=O)Cc2nc3cnc4ccc(C#N)cc4c3n2[C@@H]2CCO[C@H](C)C2)CC1. The summed E-state index contributed by atoms with van der Waals surface area (Å²) in [5.41, 5.74) is 2.84. The molecule has 8 nitrogen and oxygen atoms in total. The monoisotopic (exact) mass is 433 g/mol. The molecule has 2 aliphatic rings. The third-order valence-corrected chi connectivity index (χ3v) is 6.54. The number of aromatic nitrogens is 3. The van der Waals surface area contributed by atoms with Gasteiger partial charge in [-0.05, 0) is 50.8 Å². The lowest BCUT2D eigenvalue weighted by Crippen LogP contribution is -2.41. The van der Waals surface area contributed by atoms with Gasteiger partial charge in [-0.25, -0.2) is 4.98 Å². The van der Waals surface area contributed by atoms with E-state index in [1.54, 1.807) is 19.4 Å². The first kappa shape index (κ1) is 20.9. The number of methoxy groups -OCH3 is 1. The van der Waals surface area contributed by atoms with Gasteiger partial charge in [0, 0.05) is 25.1 Å². The second-order valence-electron chi connectivity index (χ2n) is 9.03. The summed E-state index contributed by atoms with van der Waals surface area (Å²) in [4.78, 5) is 22.4. The smallest absolute Gasteiger partial charge is 0.228 e. The fourth-order valence-electron chi connectivity index (χ4n) is 4.84. The van der Waals surface area contributed by atoms with Crippen molar-refractivity contribution < 1.29 is 14.3 Å². The third kappa shape index (κ3) is 3.83. The van der Waals surface area contributed by atoms with Crippen LogP contribution in [0, 0.1) is 11.3 Å². The van der Waals surface area contributed by atoms with Crippen LogP contribution in [-0.4, -0.2) is 52.4 Å². The summed E-state index contributed by atoms with van der Waals surface area (Å²) in [6.45, 7) is 3.27. The molecule has 1 amide bonds. The minimum Gasteiger partial charge on any atom is -0.382 e. The summed E-state index contributed by atoms with van der Waals surface area (Å²) in [7, 11) is 1.66. The van der Waals surface area contributed by atoms with Gasteiger partial charge >= 0.3 is 0 Å². The van der Waals surface area contributed by atoms with Gasteiger partial charge in [0.05, 0.1) is 53.5 Å². The van der Waals surface area contributed by atoms with Gasteiger partial charge in [-0.3, -0.25) is 9.78 Å². The molecule has 1 aromatic carbocycles. The number of nitrogens with one attached hydrogen (secondary N) is 1. The van der Waals surface area contributed by atoms with Crippen molar-refractivity contribution in [1.82, 2.24) is 19.9 Å². The number of fused-ring (bicyclic) bond motifs is 3. The molecule has 1 saturated carbocycles. The number of carbonyl (C=O) groups excluding carboxylic acids is 1. The molecule has 8 heteroatoms. The Bertz CT molecular complexity index is 1220. The highest BCUT2D eigenvalue weighted by Crippen LogP contribution is 2.36. The zero-order valence-electron chi connectivity index (χ0n) is 18.4. The van der Waals surface area contributed by atoms with Crippen molar-refractivity contribution in [2.75, 3.05) is 20.3 Å². The molecule has 1 aliphatic heterocycles. The average Bonchev–Trinajstić information content (AvgIpc) is 3.42. The molecule has 2 aromatic heterocycles.